The van der Waals surface area contributed by atoms with Crippen molar-refractivity contribution in [2.45, 2.75) is 59.2 Å². The standard InChI is InChI=1S/C22H35N5O2/c1-6-16(4)25-20(28)18-9-7-17(8-10-18)13-24-22(23-5)26-19-11-12-27(14-19)21(29)15(2)3/h7-10,15-16,19H,6,11-14H2,1-5H3,(H,25,28)(H2,23,24,26). The predicted molar refractivity (Wildman–Crippen MR) is 117 cm³/mol. The highest BCUT2D eigenvalue weighted by atomic mass is 16.2. The van der Waals surface area contributed by atoms with E-state index in [9.17, 15) is 9.59 Å². The number of nitrogens with zero attached hydrogens (tertiary/aromatic N) is 2. The van der Waals surface area contributed by atoms with Gasteiger partial charge >= 0.3 is 0 Å². The maximum absolute atomic E-state index is 12.2. The van der Waals surface area contributed by atoms with Crippen molar-refractivity contribution >= 4 is 17.8 Å². The number of guanidine groups is 1. The molecule has 2 amide bonds. The van der Waals surface area contributed by atoms with Gasteiger partial charge in [-0.1, -0.05) is 32.9 Å². The first kappa shape index (κ1) is 22.7. The van der Waals surface area contributed by atoms with Gasteiger partial charge in [-0.15, -0.1) is 0 Å². The lowest BCUT2D eigenvalue weighted by Gasteiger charge is -2.20. The fourth-order valence-electron chi connectivity index (χ4n) is 3.20. The molecular formula is C22H35N5O2. The van der Waals surface area contributed by atoms with Crippen molar-refractivity contribution in [2.24, 2.45) is 10.9 Å². The Labute approximate surface area is 174 Å². The largest absolute Gasteiger partial charge is 0.352 e. The quantitative estimate of drug-likeness (QED) is 0.483. The second kappa shape index (κ2) is 10.8. The van der Waals surface area contributed by atoms with Gasteiger partial charge in [0.25, 0.3) is 5.91 Å². The number of nitrogens with one attached hydrogen (secondary N) is 3. The first-order chi connectivity index (χ1) is 13.8. The minimum atomic E-state index is -0.0435. The van der Waals surface area contributed by atoms with Gasteiger partial charge in [-0.25, -0.2) is 0 Å². The molecule has 7 heteroatoms. The van der Waals surface area contributed by atoms with Crippen LogP contribution in [0.15, 0.2) is 29.3 Å². The molecule has 1 aliphatic rings. The molecule has 1 saturated heterocycles. The Morgan fingerprint density at radius 2 is 1.90 bits per heavy atom. The van der Waals surface area contributed by atoms with E-state index in [0.717, 1.165) is 24.9 Å². The van der Waals surface area contributed by atoms with Gasteiger partial charge in [0.05, 0.1) is 0 Å². The van der Waals surface area contributed by atoms with Crippen LogP contribution in [0.25, 0.3) is 0 Å². The molecule has 1 fully saturated rings. The lowest BCUT2D eigenvalue weighted by molar-refractivity contribution is -0.133. The number of benzene rings is 1. The minimum absolute atomic E-state index is 0.0291. The molecule has 0 spiro atoms. The van der Waals surface area contributed by atoms with Gasteiger partial charge in [-0.05, 0) is 37.5 Å². The van der Waals surface area contributed by atoms with Crippen LogP contribution in [0.2, 0.25) is 0 Å². The van der Waals surface area contributed by atoms with E-state index in [1.54, 1.807) is 7.05 Å². The topological polar surface area (TPSA) is 85.8 Å². The summed E-state index contributed by atoms with van der Waals surface area (Å²) in [4.78, 5) is 30.5. The van der Waals surface area contributed by atoms with Crippen molar-refractivity contribution < 1.29 is 9.59 Å². The van der Waals surface area contributed by atoms with Crippen LogP contribution in [0.5, 0.6) is 0 Å². The predicted octanol–water partition coefficient (Wildman–Crippen LogP) is 2.14. The molecule has 1 aromatic carbocycles. The van der Waals surface area contributed by atoms with Crippen LogP contribution in [0.1, 0.15) is 56.5 Å². The fraction of sp³-hybridized carbons (Fsp3) is 0.591. The smallest absolute Gasteiger partial charge is 0.251 e. The third-order valence-corrected chi connectivity index (χ3v) is 5.22. The van der Waals surface area contributed by atoms with E-state index in [0.29, 0.717) is 24.6 Å². The van der Waals surface area contributed by atoms with Crippen LogP contribution in [0.3, 0.4) is 0 Å². The number of carbonyl (C=O) groups excluding carboxylic acids is 2. The van der Waals surface area contributed by atoms with Crippen molar-refractivity contribution in [3.05, 3.63) is 35.4 Å². The second-order valence-electron chi connectivity index (χ2n) is 7.97. The van der Waals surface area contributed by atoms with Gasteiger partial charge in [-0.2, -0.15) is 0 Å². The summed E-state index contributed by atoms with van der Waals surface area (Å²) in [5.41, 5.74) is 1.73. The Morgan fingerprint density at radius 3 is 2.48 bits per heavy atom. The SMILES string of the molecule is CCC(C)NC(=O)c1ccc(CNC(=NC)NC2CCN(C(=O)C(C)C)C2)cc1. The zero-order valence-corrected chi connectivity index (χ0v) is 18.3. The van der Waals surface area contributed by atoms with Crippen LogP contribution < -0.4 is 16.0 Å². The van der Waals surface area contributed by atoms with Crippen molar-refractivity contribution in [3.63, 3.8) is 0 Å². The highest BCUT2D eigenvalue weighted by Gasteiger charge is 2.27. The van der Waals surface area contributed by atoms with Crippen molar-refractivity contribution in [3.8, 4) is 0 Å². The normalized spacial score (nSPS) is 17.9. The molecule has 29 heavy (non-hydrogen) atoms. The van der Waals surface area contributed by atoms with Crippen LogP contribution in [0.4, 0.5) is 0 Å². The molecule has 0 radical (unpaired) electrons. The summed E-state index contributed by atoms with van der Waals surface area (Å²) < 4.78 is 0. The van der Waals surface area contributed by atoms with Crippen LogP contribution >= 0.6 is 0 Å². The van der Waals surface area contributed by atoms with Gasteiger partial charge in [-0.3, -0.25) is 14.6 Å². The molecule has 0 saturated carbocycles. The summed E-state index contributed by atoms with van der Waals surface area (Å²) in [6.07, 6.45) is 1.82. The van der Waals surface area contributed by atoms with E-state index >= 15 is 0 Å². The summed E-state index contributed by atoms with van der Waals surface area (Å²) in [7, 11) is 1.74. The monoisotopic (exact) mass is 401 g/mol. The number of rotatable bonds is 7. The van der Waals surface area contributed by atoms with Gasteiger partial charge in [0, 0.05) is 50.2 Å². The maximum Gasteiger partial charge on any atom is 0.251 e. The zero-order valence-electron chi connectivity index (χ0n) is 18.3. The van der Waals surface area contributed by atoms with Crippen LogP contribution in [-0.4, -0.2) is 54.9 Å². The Bertz CT molecular complexity index is 714. The molecule has 7 nitrogen and oxygen atoms in total. The molecule has 1 heterocycles. The Balaban J connectivity index is 1.82. The molecule has 0 aromatic heterocycles. The second-order valence-corrected chi connectivity index (χ2v) is 7.97. The van der Waals surface area contributed by atoms with E-state index in [1.165, 1.54) is 0 Å². The number of amides is 2. The molecule has 1 aliphatic heterocycles. The van der Waals surface area contributed by atoms with Crippen molar-refractivity contribution in [1.82, 2.24) is 20.9 Å². The number of likely N-dealkylation sites (tertiary alicyclic amines) is 1. The number of carbonyl (C=O) groups is 2. The third kappa shape index (κ3) is 6.76. The lowest BCUT2D eigenvalue weighted by atomic mass is 10.1. The molecule has 0 aliphatic carbocycles. The van der Waals surface area contributed by atoms with Crippen LogP contribution in [-0.2, 0) is 11.3 Å². The van der Waals surface area contributed by atoms with Gasteiger partial charge in [0.2, 0.25) is 5.91 Å². The summed E-state index contributed by atoms with van der Waals surface area (Å²) in [6.45, 7) is 10.0. The molecule has 0 bridgehead atoms. The molecule has 2 atom stereocenters. The van der Waals surface area contributed by atoms with Gasteiger partial charge in [0.15, 0.2) is 5.96 Å². The van der Waals surface area contributed by atoms with E-state index in [1.807, 2.05) is 56.9 Å². The third-order valence-electron chi connectivity index (χ3n) is 5.22. The summed E-state index contributed by atoms with van der Waals surface area (Å²) in [5, 5.41) is 9.67. The molecule has 2 unspecified atom stereocenters. The summed E-state index contributed by atoms with van der Waals surface area (Å²) in [5.74, 6) is 0.904. The fourth-order valence-corrected chi connectivity index (χ4v) is 3.20. The molecule has 2 rings (SSSR count). The molecule has 160 valence electrons. The van der Waals surface area contributed by atoms with E-state index in [2.05, 4.69) is 20.9 Å². The first-order valence-electron chi connectivity index (χ1n) is 10.5. The molecule has 1 aromatic rings. The minimum Gasteiger partial charge on any atom is -0.352 e. The highest BCUT2D eigenvalue weighted by Crippen LogP contribution is 2.13. The van der Waals surface area contributed by atoms with Crippen molar-refractivity contribution in [2.75, 3.05) is 20.1 Å². The zero-order chi connectivity index (χ0) is 21.4. The van der Waals surface area contributed by atoms with E-state index in [-0.39, 0.29) is 29.8 Å². The van der Waals surface area contributed by atoms with Gasteiger partial charge in [0.1, 0.15) is 0 Å². The average Bonchev–Trinajstić information content (AvgIpc) is 3.18. The van der Waals surface area contributed by atoms with E-state index in [4.69, 9.17) is 0 Å². The Morgan fingerprint density at radius 1 is 1.21 bits per heavy atom. The Kier molecular flexibility index (Phi) is 8.49. The summed E-state index contributed by atoms with van der Waals surface area (Å²) >= 11 is 0. The van der Waals surface area contributed by atoms with Gasteiger partial charge < -0.3 is 20.9 Å². The Hall–Kier alpha value is -2.57. The summed E-state index contributed by atoms with van der Waals surface area (Å²) in [6, 6.07) is 7.96. The van der Waals surface area contributed by atoms with E-state index < -0.39 is 0 Å². The average molecular weight is 402 g/mol. The number of hydrogen-bond acceptors (Lipinski definition) is 3. The maximum atomic E-state index is 12.2. The van der Waals surface area contributed by atoms with Crippen molar-refractivity contribution in [1.29, 1.82) is 0 Å². The first-order valence-corrected chi connectivity index (χ1v) is 10.5. The molecular weight excluding hydrogens is 366 g/mol. The van der Waals surface area contributed by atoms with Crippen LogP contribution in [0, 0.1) is 5.92 Å². The lowest BCUT2D eigenvalue weighted by Crippen LogP contribution is -2.45. The number of aliphatic imine (C=N–C) groups is 1. The number of hydrogen-bond donors (Lipinski definition) is 3. The molecule has 3 N–H and O–H groups in total. The highest BCUT2D eigenvalue weighted by molar-refractivity contribution is 5.94.